The smallest absolute Gasteiger partial charge is 0.266 e. The monoisotopic (exact) mass is 498 g/mol. The van der Waals surface area contributed by atoms with Crippen molar-refractivity contribution in [3.8, 4) is 5.75 Å². The molecule has 0 spiro atoms. The first kappa shape index (κ1) is 20.1. The van der Waals surface area contributed by atoms with Crippen molar-refractivity contribution in [3.63, 3.8) is 0 Å². The second kappa shape index (κ2) is 7.67. The van der Waals surface area contributed by atoms with Crippen LogP contribution in [0, 0.1) is 5.92 Å². The number of carbonyl (C=O) groups excluding carboxylic acids is 2. The van der Waals surface area contributed by atoms with Crippen LogP contribution in [0.5, 0.6) is 5.75 Å². The average molecular weight is 500 g/mol. The molecule has 0 aliphatic carbocycles. The highest BCUT2D eigenvalue weighted by Crippen LogP contribution is 2.49. The summed E-state index contributed by atoms with van der Waals surface area (Å²) in [6.45, 7) is 0. The number of benzene rings is 3. The van der Waals surface area contributed by atoms with Crippen LogP contribution >= 0.6 is 27.5 Å². The number of rotatable bonds is 3. The predicted octanol–water partition coefficient (Wildman–Crippen LogP) is 4.86. The molecule has 5 rings (SSSR count). The molecule has 3 atom stereocenters. The van der Waals surface area contributed by atoms with Crippen LogP contribution in [0.4, 0.5) is 11.4 Å². The maximum Gasteiger partial charge on any atom is 0.266 e. The van der Waals surface area contributed by atoms with E-state index in [4.69, 9.17) is 16.4 Å². The number of aromatic hydroxyl groups is 1. The van der Waals surface area contributed by atoms with Gasteiger partial charge < -0.3 is 5.11 Å². The van der Waals surface area contributed by atoms with E-state index in [2.05, 4.69) is 15.9 Å². The van der Waals surface area contributed by atoms with Crippen molar-refractivity contribution in [2.75, 3.05) is 9.96 Å². The van der Waals surface area contributed by atoms with Crippen LogP contribution in [-0.4, -0.2) is 23.0 Å². The minimum Gasteiger partial charge on any atom is -0.508 e. The quantitative estimate of drug-likeness (QED) is 0.521. The number of amides is 2. The summed E-state index contributed by atoms with van der Waals surface area (Å²) in [5, 5.41) is 12.7. The lowest BCUT2D eigenvalue weighted by Crippen LogP contribution is -2.37. The van der Waals surface area contributed by atoms with Gasteiger partial charge in [-0.2, -0.15) is 0 Å². The summed E-state index contributed by atoms with van der Waals surface area (Å²) in [4.78, 5) is 33.9. The first-order chi connectivity index (χ1) is 15.0. The number of hydrogen-bond acceptors (Lipinski definition) is 5. The minimum atomic E-state index is -1.01. The minimum absolute atomic E-state index is 0.00910. The molecule has 1 N–H and O–H groups in total. The summed E-state index contributed by atoms with van der Waals surface area (Å²) in [6, 6.07) is 19.9. The Hall–Kier alpha value is -2.87. The van der Waals surface area contributed by atoms with Crippen molar-refractivity contribution in [2.24, 2.45) is 5.92 Å². The molecule has 3 aromatic carbocycles. The van der Waals surface area contributed by atoms with Gasteiger partial charge in [-0.25, -0.2) is 9.96 Å². The van der Waals surface area contributed by atoms with Gasteiger partial charge in [0.2, 0.25) is 5.91 Å². The molecule has 2 aliphatic rings. The molecule has 2 amide bonds. The first-order valence-corrected chi connectivity index (χ1v) is 10.8. The Labute approximate surface area is 191 Å². The summed E-state index contributed by atoms with van der Waals surface area (Å²) in [5.41, 5.74) is 1.59. The van der Waals surface area contributed by atoms with Crippen molar-refractivity contribution in [3.05, 3.63) is 87.9 Å². The molecule has 2 fully saturated rings. The van der Waals surface area contributed by atoms with Crippen molar-refractivity contribution in [1.29, 1.82) is 0 Å². The standard InChI is InChI=1S/C23H16BrClN2O4/c24-13-6-11-18(28)17(12-13)20-19-21(31-27(20)16-9-7-14(25)8-10-16)23(30)26(22(19)29)15-4-2-1-3-5-15/h1-12,19-21,28H/t19-,20-,21-/m1/s1. The van der Waals surface area contributed by atoms with E-state index in [1.807, 2.05) is 6.07 Å². The van der Waals surface area contributed by atoms with Gasteiger partial charge in [-0.1, -0.05) is 45.7 Å². The summed E-state index contributed by atoms with van der Waals surface area (Å²) in [5.74, 6) is -1.63. The fourth-order valence-electron chi connectivity index (χ4n) is 4.14. The maximum absolute atomic E-state index is 13.5. The summed E-state index contributed by atoms with van der Waals surface area (Å²) >= 11 is 9.45. The molecule has 0 aromatic heterocycles. The molecule has 8 heteroatoms. The molecule has 3 aromatic rings. The molecule has 2 aliphatic heterocycles. The molecule has 31 heavy (non-hydrogen) atoms. The van der Waals surface area contributed by atoms with Gasteiger partial charge in [0.1, 0.15) is 11.7 Å². The van der Waals surface area contributed by atoms with Gasteiger partial charge in [0, 0.05) is 15.1 Å². The highest BCUT2D eigenvalue weighted by Gasteiger charge is 2.60. The van der Waals surface area contributed by atoms with Crippen LogP contribution in [0.2, 0.25) is 5.02 Å². The molecule has 0 radical (unpaired) electrons. The Morgan fingerprint density at radius 2 is 1.61 bits per heavy atom. The van der Waals surface area contributed by atoms with Crippen molar-refractivity contribution >= 4 is 50.7 Å². The maximum atomic E-state index is 13.5. The highest BCUT2D eigenvalue weighted by atomic mass is 79.9. The van der Waals surface area contributed by atoms with E-state index in [0.717, 1.165) is 9.37 Å². The van der Waals surface area contributed by atoms with E-state index in [9.17, 15) is 14.7 Å². The van der Waals surface area contributed by atoms with Gasteiger partial charge in [-0.15, -0.1) is 0 Å². The Kier molecular flexibility index (Phi) is 4.97. The average Bonchev–Trinajstić information content (AvgIpc) is 3.27. The number of imide groups is 1. The number of hydroxylamine groups is 1. The lowest BCUT2D eigenvalue weighted by molar-refractivity contribution is -0.126. The third kappa shape index (κ3) is 3.29. The number of carbonyl (C=O) groups is 2. The molecule has 0 bridgehead atoms. The summed E-state index contributed by atoms with van der Waals surface area (Å²) in [6.07, 6.45) is -1.01. The summed E-state index contributed by atoms with van der Waals surface area (Å²) in [7, 11) is 0. The van der Waals surface area contributed by atoms with E-state index in [0.29, 0.717) is 22.0 Å². The largest absolute Gasteiger partial charge is 0.508 e. The van der Waals surface area contributed by atoms with Gasteiger partial charge >= 0.3 is 0 Å². The summed E-state index contributed by atoms with van der Waals surface area (Å²) < 4.78 is 0.733. The van der Waals surface area contributed by atoms with Crippen LogP contribution in [0.15, 0.2) is 77.3 Å². The molecule has 6 nitrogen and oxygen atoms in total. The Balaban J connectivity index is 1.63. The predicted molar refractivity (Wildman–Crippen MR) is 120 cm³/mol. The molecular weight excluding hydrogens is 484 g/mol. The van der Waals surface area contributed by atoms with Crippen molar-refractivity contribution < 1.29 is 19.5 Å². The topological polar surface area (TPSA) is 70.1 Å². The number of phenolic OH excluding ortho intramolecular Hbond substituents is 1. The highest BCUT2D eigenvalue weighted by molar-refractivity contribution is 9.10. The molecule has 156 valence electrons. The van der Waals surface area contributed by atoms with E-state index in [1.54, 1.807) is 66.7 Å². The van der Waals surface area contributed by atoms with Gasteiger partial charge in [0.25, 0.3) is 5.91 Å². The number of para-hydroxylation sites is 1. The SMILES string of the molecule is O=C1[C@@H]2[C@@H](c3cc(Br)ccc3O)N(c3ccc(Cl)cc3)O[C@H]2C(=O)N1c1ccccc1. The Morgan fingerprint density at radius 3 is 2.32 bits per heavy atom. The van der Waals surface area contributed by atoms with Gasteiger partial charge in [0.05, 0.1) is 17.4 Å². The van der Waals surface area contributed by atoms with Crippen LogP contribution in [0.3, 0.4) is 0 Å². The lowest BCUT2D eigenvalue weighted by atomic mass is 9.90. The molecule has 0 unspecified atom stereocenters. The number of halogens is 2. The zero-order valence-electron chi connectivity index (χ0n) is 16.0. The second-order valence-electron chi connectivity index (χ2n) is 7.35. The van der Waals surface area contributed by atoms with E-state index in [1.165, 1.54) is 5.06 Å². The van der Waals surface area contributed by atoms with Crippen LogP contribution in [0.25, 0.3) is 0 Å². The zero-order valence-corrected chi connectivity index (χ0v) is 18.3. The van der Waals surface area contributed by atoms with E-state index >= 15 is 0 Å². The third-order valence-electron chi connectivity index (χ3n) is 5.52. The number of fused-ring (bicyclic) bond motifs is 1. The third-order valence-corrected chi connectivity index (χ3v) is 6.26. The van der Waals surface area contributed by atoms with E-state index in [-0.39, 0.29) is 11.7 Å². The lowest BCUT2D eigenvalue weighted by Gasteiger charge is -2.29. The zero-order chi connectivity index (χ0) is 21.7. The number of phenols is 1. The Morgan fingerprint density at radius 1 is 0.903 bits per heavy atom. The molecular formula is C23H16BrClN2O4. The number of anilines is 2. The fraction of sp³-hybridized carbons (Fsp3) is 0.130. The van der Waals surface area contributed by atoms with E-state index < -0.39 is 24.0 Å². The molecule has 2 heterocycles. The first-order valence-electron chi connectivity index (χ1n) is 9.58. The van der Waals surface area contributed by atoms with Crippen LogP contribution < -0.4 is 9.96 Å². The number of hydrogen-bond donors (Lipinski definition) is 1. The normalized spacial score (nSPS) is 22.8. The van der Waals surface area contributed by atoms with Crippen molar-refractivity contribution in [1.82, 2.24) is 0 Å². The second-order valence-corrected chi connectivity index (χ2v) is 8.70. The van der Waals surface area contributed by atoms with Crippen LogP contribution in [-0.2, 0) is 14.4 Å². The molecule has 0 saturated carbocycles. The van der Waals surface area contributed by atoms with Gasteiger partial charge in [0.15, 0.2) is 6.10 Å². The number of nitrogens with zero attached hydrogens (tertiary/aromatic N) is 2. The van der Waals surface area contributed by atoms with Gasteiger partial charge in [-0.05, 0) is 54.6 Å². The van der Waals surface area contributed by atoms with Crippen LogP contribution in [0.1, 0.15) is 11.6 Å². The molecule has 2 saturated heterocycles. The fourth-order valence-corrected chi connectivity index (χ4v) is 4.64. The van der Waals surface area contributed by atoms with Gasteiger partial charge in [-0.3, -0.25) is 14.4 Å². The Bertz CT molecular complexity index is 1170. The van der Waals surface area contributed by atoms with Crippen molar-refractivity contribution in [2.45, 2.75) is 12.1 Å².